The van der Waals surface area contributed by atoms with Crippen LogP contribution >= 0.6 is 0 Å². The van der Waals surface area contributed by atoms with Crippen LogP contribution in [-0.2, 0) is 4.79 Å². The van der Waals surface area contributed by atoms with Gasteiger partial charge in [0.05, 0.1) is 0 Å². The van der Waals surface area contributed by atoms with Gasteiger partial charge in [-0.1, -0.05) is 57.2 Å². The van der Waals surface area contributed by atoms with Crippen LogP contribution in [0, 0.1) is 5.41 Å². The topological polar surface area (TPSA) is 49.4 Å². The van der Waals surface area contributed by atoms with Gasteiger partial charge in [0.15, 0.2) is 0 Å². The number of nitrogens with one attached hydrogen (secondary N) is 1. The Kier molecular flexibility index (Phi) is 4.80. The minimum atomic E-state index is -0.348. The Bertz CT molecular complexity index is 779. The summed E-state index contributed by atoms with van der Waals surface area (Å²) in [6, 6.07) is 13.9. The summed E-state index contributed by atoms with van der Waals surface area (Å²) in [5.41, 5.74) is 0.366. The zero-order valence-corrected chi connectivity index (χ0v) is 15.2. The Balaban J connectivity index is 1.64. The highest BCUT2D eigenvalue weighted by Crippen LogP contribution is 2.22. The lowest BCUT2D eigenvalue weighted by Crippen LogP contribution is -2.49. The summed E-state index contributed by atoms with van der Waals surface area (Å²) in [5, 5.41) is 5.19. The monoisotopic (exact) mass is 338 g/mol. The first kappa shape index (κ1) is 17.5. The van der Waals surface area contributed by atoms with Crippen LogP contribution in [0.3, 0.4) is 0 Å². The number of fused-ring (bicyclic) bond motifs is 1. The molecule has 0 aliphatic carbocycles. The molecule has 4 heteroatoms. The molecule has 25 heavy (non-hydrogen) atoms. The lowest BCUT2D eigenvalue weighted by atomic mass is 9.93. The fourth-order valence-electron chi connectivity index (χ4n) is 3.39. The van der Waals surface area contributed by atoms with Crippen LogP contribution in [0.2, 0.25) is 0 Å². The maximum Gasteiger partial charge on any atom is 0.252 e. The van der Waals surface area contributed by atoms with E-state index in [1.807, 2.05) is 68.1 Å². The standard InChI is InChI=1S/C21H26N2O2/c1-21(2,3)20(25)23-13-11-16(12-14-23)22-19(24)18-10-6-8-15-7-4-5-9-17(15)18/h4-10,16H,11-14H2,1-3H3,(H,22,24). The van der Waals surface area contributed by atoms with Crippen molar-refractivity contribution in [2.24, 2.45) is 5.41 Å². The number of benzene rings is 2. The van der Waals surface area contributed by atoms with Crippen molar-refractivity contribution < 1.29 is 9.59 Å². The average Bonchev–Trinajstić information content (AvgIpc) is 2.60. The van der Waals surface area contributed by atoms with Crippen LogP contribution in [-0.4, -0.2) is 35.8 Å². The SMILES string of the molecule is CC(C)(C)C(=O)N1CCC(NC(=O)c2cccc3ccccc23)CC1. The third-order valence-electron chi connectivity index (χ3n) is 4.79. The van der Waals surface area contributed by atoms with Crippen LogP contribution in [0.15, 0.2) is 42.5 Å². The van der Waals surface area contributed by atoms with Gasteiger partial charge in [0.1, 0.15) is 0 Å². The molecule has 2 aromatic carbocycles. The van der Waals surface area contributed by atoms with Gasteiger partial charge in [-0.25, -0.2) is 0 Å². The van der Waals surface area contributed by atoms with E-state index < -0.39 is 0 Å². The molecule has 0 atom stereocenters. The molecule has 132 valence electrons. The van der Waals surface area contributed by atoms with Gasteiger partial charge in [-0.2, -0.15) is 0 Å². The van der Waals surface area contributed by atoms with E-state index >= 15 is 0 Å². The summed E-state index contributed by atoms with van der Waals surface area (Å²) >= 11 is 0. The Morgan fingerprint density at radius 2 is 1.64 bits per heavy atom. The largest absolute Gasteiger partial charge is 0.349 e. The van der Waals surface area contributed by atoms with Gasteiger partial charge in [-0.05, 0) is 29.7 Å². The Hall–Kier alpha value is -2.36. The summed E-state index contributed by atoms with van der Waals surface area (Å²) < 4.78 is 0. The molecule has 1 fully saturated rings. The average molecular weight is 338 g/mol. The maximum absolute atomic E-state index is 12.7. The molecule has 4 nitrogen and oxygen atoms in total. The molecule has 0 aromatic heterocycles. The minimum absolute atomic E-state index is 0.0302. The third-order valence-corrected chi connectivity index (χ3v) is 4.79. The van der Waals surface area contributed by atoms with Crippen LogP contribution < -0.4 is 5.32 Å². The molecule has 2 amide bonds. The van der Waals surface area contributed by atoms with Gasteiger partial charge in [0.25, 0.3) is 5.91 Å². The molecule has 3 rings (SSSR count). The first-order valence-electron chi connectivity index (χ1n) is 8.94. The van der Waals surface area contributed by atoms with Gasteiger partial charge in [-0.15, -0.1) is 0 Å². The lowest BCUT2D eigenvalue weighted by Gasteiger charge is -2.36. The van der Waals surface area contributed by atoms with E-state index in [9.17, 15) is 9.59 Å². The summed E-state index contributed by atoms with van der Waals surface area (Å²) in [6.45, 7) is 7.25. The molecule has 0 bridgehead atoms. The fraction of sp³-hybridized carbons (Fsp3) is 0.429. The number of rotatable bonds is 2. The van der Waals surface area contributed by atoms with Gasteiger partial charge >= 0.3 is 0 Å². The van der Waals surface area contributed by atoms with E-state index in [-0.39, 0.29) is 23.3 Å². The molecular formula is C21H26N2O2. The zero-order chi connectivity index (χ0) is 18.0. The molecule has 0 unspecified atom stereocenters. The van der Waals surface area contributed by atoms with Crippen LogP contribution in [0.4, 0.5) is 0 Å². The number of amides is 2. The van der Waals surface area contributed by atoms with E-state index in [4.69, 9.17) is 0 Å². The molecule has 2 aromatic rings. The second-order valence-electron chi connectivity index (χ2n) is 7.82. The van der Waals surface area contributed by atoms with E-state index in [0.717, 1.165) is 23.6 Å². The number of carbonyl (C=O) groups is 2. The highest BCUT2D eigenvalue weighted by Gasteiger charge is 2.30. The minimum Gasteiger partial charge on any atom is -0.349 e. The van der Waals surface area contributed by atoms with Crippen molar-refractivity contribution in [2.45, 2.75) is 39.7 Å². The van der Waals surface area contributed by atoms with Crippen molar-refractivity contribution in [2.75, 3.05) is 13.1 Å². The number of piperidine rings is 1. The van der Waals surface area contributed by atoms with Crippen molar-refractivity contribution in [3.8, 4) is 0 Å². The van der Waals surface area contributed by atoms with E-state index in [2.05, 4.69) is 5.32 Å². The third kappa shape index (κ3) is 3.84. The van der Waals surface area contributed by atoms with Gasteiger partial charge < -0.3 is 10.2 Å². The highest BCUT2D eigenvalue weighted by molar-refractivity contribution is 6.07. The second-order valence-corrected chi connectivity index (χ2v) is 7.82. The molecular weight excluding hydrogens is 312 g/mol. The number of hydrogen-bond donors (Lipinski definition) is 1. The second kappa shape index (κ2) is 6.87. The molecule has 1 saturated heterocycles. The maximum atomic E-state index is 12.7. The summed E-state index contributed by atoms with van der Waals surface area (Å²) in [5.74, 6) is 0.156. The van der Waals surface area contributed by atoms with Gasteiger partial charge in [-0.3, -0.25) is 9.59 Å². The van der Waals surface area contributed by atoms with Crippen molar-refractivity contribution in [3.63, 3.8) is 0 Å². The van der Waals surface area contributed by atoms with Gasteiger partial charge in [0.2, 0.25) is 5.91 Å². The molecule has 1 N–H and O–H groups in total. The fourth-order valence-corrected chi connectivity index (χ4v) is 3.39. The smallest absolute Gasteiger partial charge is 0.252 e. The molecule has 0 spiro atoms. The Morgan fingerprint density at radius 3 is 2.32 bits per heavy atom. The quantitative estimate of drug-likeness (QED) is 0.909. The summed E-state index contributed by atoms with van der Waals surface area (Å²) in [4.78, 5) is 27.0. The van der Waals surface area contributed by atoms with Crippen LogP contribution in [0.1, 0.15) is 44.0 Å². The predicted octanol–water partition coefficient (Wildman–Crippen LogP) is 3.61. The van der Waals surface area contributed by atoms with Crippen molar-refractivity contribution >= 4 is 22.6 Å². The molecule has 1 heterocycles. The lowest BCUT2D eigenvalue weighted by molar-refractivity contribution is -0.140. The first-order valence-corrected chi connectivity index (χ1v) is 8.94. The van der Waals surface area contributed by atoms with Crippen LogP contribution in [0.25, 0.3) is 10.8 Å². The molecule has 0 saturated carbocycles. The summed E-state index contributed by atoms with van der Waals surface area (Å²) in [7, 11) is 0. The molecule has 1 aliphatic rings. The highest BCUT2D eigenvalue weighted by atomic mass is 16.2. The zero-order valence-electron chi connectivity index (χ0n) is 15.2. The van der Waals surface area contributed by atoms with E-state index in [0.29, 0.717) is 18.7 Å². The molecule has 1 aliphatic heterocycles. The number of carbonyl (C=O) groups excluding carboxylic acids is 2. The number of likely N-dealkylation sites (tertiary alicyclic amines) is 1. The van der Waals surface area contributed by atoms with E-state index in [1.165, 1.54) is 0 Å². The predicted molar refractivity (Wildman–Crippen MR) is 100 cm³/mol. The molecule has 0 radical (unpaired) electrons. The summed E-state index contributed by atoms with van der Waals surface area (Å²) in [6.07, 6.45) is 1.61. The van der Waals surface area contributed by atoms with Crippen LogP contribution in [0.5, 0.6) is 0 Å². The first-order chi connectivity index (χ1) is 11.9. The number of nitrogens with zero attached hydrogens (tertiary/aromatic N) is 1. The number of hydrogen-bond acceptors (Lipinski definition) is 2. The Morgan fingerprint density at radius 1 is 1.00 bits per heavy atom. The van der Waals surface area contributed by atoms with Crippen molar-refractivity contribution in [1.82, 2.24) is 10.2 Å². The van der Waals surface area contributed by atoms with Gasteiger partial charge in [0, 0.05) is 30.1 Å². The Labute approximate surface area is 149 Å². The van der Waals surface area contributed by atoms with Crippen molar-refractivity contribution in [3.05, 3.63) is 48.0 Å². The normalized spacial score (nSPS) is 16.0. The van der Waals surface area contributed by atoms with Crippen molar-refractivity contribution in [1.29, 1.82) is 0 Å². The van der Waals surface area contributed by atoms with E-state index in [1.54, 1.807) is 0 Å².